The topological polar surface area (TPSA) is 56.7 Å². The second-order valence-corrected chi connectivity index (χ2v) is 6.36. The second-order valence-electron chi connectivity index (χ2n) is 6.36. The summed E-state index contributed by atoms with van der Waals surface area (Å²) in [4.78, 5) is 18.6. The minimum absolute atomic E-state index is 0. The van der Waals surface area contributed by atoms with E-state index in [2.05, 4.69) is 36.1 Å². The van der Waals surface area contributed by atoms with Gasteiger partial charge in [-0.2, -0.15) is 0 Å². The molecule has 0 aliphatic heterocycles. The number of nitrogens with zero attached hydrogens (tertiary/aromatic N) is 2. The quantitative estimate of drug-likeness (QED) is 0.186. The van der Waals surface area contributed by atoms with Gasteiger partial charge in [-0.05, 0) is 37.5 Å². The van der Waals surface area contributed by atoms with Crippen LogP contribution in [-0.4, -0.2) is 36.9 Å². The molecule has 146 valence electrons. The number of amides is 1. The van der Waals surface area contributed by atoms with Gasteiger partial charge in [-0.25, -0.2) is 4.99 Å². The average Bonchev–Trinajstić information content (AvgIpc) is 2.59. The van der Waals surface area contributed by atoms with Crippen LogP contribution < -0.4 is 10.6 Å². The molecule has 0 aliphatic rings. The molecule has 0 saturated carbocycles. The number of allylic oxidation sites excluding steroid dienone is 1. The standard InChI is InChI=1S/C20H32N4O.HI/c1-6-8-9-14-24(5)20(21-7-2)22-15-17-10-12-18(13-11-17)23-19(25)16(3)4;/h6,10-13,16H,1,7-9,14-15H2,2-5H3,(H,21,22)(H,23,25);1H. The number of rotatable bonds is 9. The number of nitrogens with one attached hydrogen (secondary N) is 2. The van der Waals surface area contributed by atoms with Crippen molar-refractivity contribution in [1.82, 2.24) is 10.2 Å². The molecule has 5 nitrogen and oxygen atoms in total. The molecule has 1 aromatic carbocycles. The van der Waals surface area contributed by atoms with Gasteiger partial charge in [0.2, 0.25) is 5.91 Å². The van der Waals surface area contributed by atoms with E-state index in [1.807, 2.05) is 44.2 Å². The van der Waals surface area contributed by atoms with E-state index in [-0.39, 0.29) is 35.8 Å². The summed E-state index contributed by atoms with van der Waals surface area (Å²) < 4.78 is 0. The van der Waals surface area contributed by atoms with Crippen LogP contribution >= 0.6 is 24.0 Å². The number of unbranched alkanes of at least 4 members (excludes halogenated alkanes) is 1. The molecule has 0 heterocycles. The van der Waals surface area contributed by atoms with Gasteiger partial charge in [-0.1, -0.05) is 32.1 Å². The third-order valence-electron chi connectivity index (χ3n) is 3.76. The molecule has 1 aromatic rings. The first-order chi connectivity index (χ1) is 12.0. The van der Waals surface area contributed by atoms with Gasteiger partial charge < -0.3 is 15.5 Å². The van der Waals surface area contributed by atoms with Crippen molar-refractivity contribution in [3.8, 4) is 0 Å². The highest BCUT2D eigenvalue weighted by molar-refractivity contribution is 14.0. The van der Waals surface area contributed by atoms with Crippen LogP contribution in [0.2, 0.25) is 0 Å². The monoisotopic (exact) mass is 472 g/mol. The minimum Gasteiger partial charge on any atom is -0.357 e. The summed E-state index contributed by atoms with van der Waals surface area (Å²) in [6.07, 6.45) is 4.01. The van der Waals surface area contributed by atoms with Crippen molar-refractivity contribution < 1.29 is 4.79 Å². The van der Waals surface area contributed by atoms with E-state index < -0.39 is 0 Å². The molecule has 2 N–H and O–H groups in total. The first kappa shape index (κ1) is 24.4. The lowest BCUT2D eigenvalue weighted by Crippen LogP contribution is -2.39. The Balaban J connectivity index is 0.00000625. The van der Waals surface area contributed by atoms with Crippen molar-refractivity contribution in [2.75, 3.05) is 25.5 Å². The summed E-state index contributed by atoms with van der Waals surface area (Å²) in [5, 5.41) is 6.22. The zero-order valence-electron chi connectivity index (χ0n) is 16.4. The largest absolute Gasteiger partial charge is 0.357 e. The molecule has 0 aliphatic carbocycles. The molecular formula is C20H33IN4O. The zero-order chi connectivity index (χ0) is 18.7. The van der Waals surface area contributed by atoms with Gasteiger partial charge in [-0.3, -0.25) is 4.79 Å². The summed E-state index contributed by atoms with van der Waals surface area (Å²) in [5.74, 6) is 0.911. The van der Waals surface area contributed by atoms with Gasteiger partial charge >= 0.3 is 0 Å². The molecule has 26 heavy (non-hydrogen) atoms. The minimum atomic E-state index is -0.0245. The Morgan fingerprint density at radius 1 is 1.31 bits per heavy atom. The van der Waals surface area contributed by atoms with Crippen LogP contribution in [0, 0.1) is 5.92 Å². The van der Waals surface area contributed by atoms with E-state index in [0.717, 1.165) is 43.1 Å². The first-order valence-corrected chi connectivity index (χ1v) is 8.98. The molecule has 1 amide bonds. The van der Waals surface area contributed by atoms with Crippen molar-refractivity contribution in [2.24, 2.45) is 10.9 Å². The maximum Gasteiger partial charge on any atom is 0.226 e. The van der Waals surface area contributed by atoms with Crippen molar-refractivity contribution in [3.05, 3.63) is 42.5 Å². The van der Waals surface area contributed by atoms with E-state index in [4.69, 9.17) is 4.99 Å². The molecule has 1 rings (SSSR count). The number of guanidine groups is 1. The van der Waals surface area contributed by atoms with Crippen molar-refractivity contribution >= 4 is 41.5 Å². The van der Waals surface area contributed by atoms with Crippen molar-refractivity contribution in [1.29, 1.82) is 0 Å². The fourth-order valence-electron chi connectivity index (χ4n) is 2.19. The Morgan fingerprint density at radius 3 is 2.50 bits per heavy atom. The van der Waals surface area contributed by atoms with E-state index >= 15 is 0 Å². The number of benzene rings is 1. The van der Waals surface area contributed by atoms with Gasteiger partial charge in [0, 0.05) is 31.7 Å². The highest BCUT2D eigenvalue weighted by Crippen LogP contribution is 2.12. The van der Waals surface area contributed by atoms with Gasteiger partial charge in [0.25, 0.3) is 0 Å². The number of carbonyl (C=O) groups is 1. The van der Waals surface area contributed by atoms with E-state index in [1.54, 1.807) is 0 Å². The fourth-order valence-corrected chi connectivity index (χ4v) is 2.19. The number of hydrogen-bond donors (Lipinski definition) is 2. The Labute approximate surface area is 175 Å². The molecule has 0 aromatic heterocycles. The van der Waals surface area contributed by atoms with Gasteiger partial charge in [-0.15, -0.1) is 30.6 Å². The van der Waals surface area contributed by atoms with Crippen LogP contribution in [0.15, 0.2) is 41.9 Å². The van der Waals surface area contributed by atoms with Crippen LogP contribution in [0.5, 0.6) is 0 Å². The van der Waals surface area contributed by atoms with E-state index in [1.165, 1.54) is 0 Å². The summed E-state index contributed by atoms with van der Waals surface area (Å²) >= 11 is 0. The summed E-state index contributed by atoms with van der Waals surface area (Å²) in [6.45, 7) is 12.0. The molecule has 0 saturated heterocycles. The fraction of sp³-hybridized carbons (Fsp3) is 0.500. The molecule has 0 radical (unpaired) electrons. The number of halogens is 1. The SMILES string of the molecule is C=CCCCN(C)C(=NCc1ccc(NC(=O)C(C)C)cc1)NCC.I. The number of carbonyl (C=O) groups excluding carboxylic acids is 1. The molecule has 0 spiro atoms. The van der Waals surface area contributed by atoms with Gasteiger partial charge in [0.15, 0.2) is 5.96 Å². The second kappa shape index (κ2) is 13.6. The Hall–Kier alpha value is -1.57. The summed E-state index contributed by atoms with van der Waals surface area (Å²) in [7, 11) is 2.05. The Kier molecular flexibility index (Phi) is 12.8. The molecule has 0 bridgehead atoms. The van der Waals surface area contributed by atoms with Crippen LogP contribution in [-0.2, 0) is 11.3 Å². The number of hydrogen-bond acceptors (Lipinski definition) is 2. The summed E-state index contributed by atoms with van der Waals surface area (Å²) in [6, 6.07) is 7.85. The molecule has 0 unspecified atom stereocenters. The maximum atomic E-state index is 11.7. The van der Waals surface area contributed by atoms with E-state index in [0.29, 0.717) is 6.54 Å². The number of aliphatic imine (C=N–C) groups is 1. The third kappa shape index (κ3) is 9.22. The summed E-state index contributed by atoms with van der Waals surface area (Å²) in [5.41, 5.74) is 1.93. The first-order valence-electron chi connectivity index (χ1n) is 8.98. The van der Waals surface area contributed by atoms with E-state index in [9.17, 15) is 4.79 Å². The predicted octanol–water partition coefficient (Wildman–Crippen LogP) is 4.26. The molecule has 6 heteroatoms. The molecular weight excluding hydrogens is 439 g/mol. The lowest BCUT2D eigenvalue weighted by molar-refractivity contribution is -0.118. The molecule has 0 fully saturated rings. The third-order valence-corrected chi connectivity index (χ3v) is 3.76. The van der Waals surface area contributed by atoms with Crippen LogP contribution in [0.3, 0.4) is 0 Å². The maximum absolute atomic E-state index is 11.7. The van der Waals surface area contributed by atoms with Crippen molar-refractivity contribution in [2.45, 2.75) is 40.2 Å². The van der Waals surface area contributed by atoms with Crippen molar-refractivity contribution in [3.63, 3.8) is 0 Å². The highest BCUT2D eigenvalue weighted by Gasteiger charge is 2.07. The average molecular weight is 472 g/mol. The van der Waals surface area contributed by atoms with Gasteiger partial charge in [0.05, 0.1) is 6.54 Å². The lowest BCUT2D eigenvalue weighted by atomic mass is 10.2. The Bertz CT molecular complexity index is 570. The smallest absolute Gasteiger partial charge is 0.226 e. The highest BCUT2D eigenvalue weighted by atomic mass is 127. The lowest BCUT2D eigenvalue weighted by Gasteiger charge is -2.21. The molecule has 0 atom stereocenters. The van der Waals surface area contributed by atoms with Crippen LogP contribution in [0.25, 0.3) is 0 Å². The zero-order valence-corrected chi connectivity index (χ0v) is 18.7. The van der Waals surface area contributed by atoms with Crippen LogP contribution in [0.4, 0.5) is 5.69 Å². The van der Waals surface area contributed by atoms with Gasteiger partial charge in [0.1, 0.15) is 0 Å². The Morgan fingerprint density at radius 2 is 1.96 bits per heavy atom. The predicted molar refractivity (Wildman–Crippen MR) is 122 cm³/mol. The number of anilines is 1. The van der Waals surface area contributed by atoms with Crippen LogP contribution in [0.1, 0.15) is 39.2 Å². The normalized spacial score (nSPS) is 10.9.